The highest BCUT2D eigenvalue weighted by atomic mass is 32.2. The highest BCUT2D eigenvalue weighted by Gasteiger charge is 2.29. The van der Waals surface area contributed by atoms with Crippen molar-refractivity contribution >= 4 is 34.2 Å². The molecule has 122 valence electrons. The van der Waals surface area contributed by atoms with Crippen LogP contribution in [-0.4, -0.2) is 20.9 Å². The molecule has 0 bridgehead atoms. The van der Waals surface area contributed by atoms with Gasteiger partial charge < -0.3 is 14.9 Å². The van der Waals surface area contributed by atoms with Crippen LogP contribution in [0.5, 0.6) is 5.75 Å². The Hall–Kier alpha value is -2.84. The number of hydrogen-bond acceptors (Lipinski definition) is 5. The molecule has 4 N–H and O–H groups in total. The zero-order valence-corrected chi connectivity index (χ0v) is 13.1. The number of carbonyl (C=O) groups is 1. The summed E-state index contributed by atoms with van der Waals surface area (Å²) in [6.07, 6.45) is 8.66. The molecule has 0 saturated heterocycles. The molecule has 1 aliphatic carbocycles. The van der Waals surface area contributed by atoms with Gasteiger partial charge in [0.25, 0.3) is 15.9 Å². The third kappa shape index (κ3) is 2.00. The van der Waals surface area contributed by atoms with Crippen molar-refractivity contribution in [3.63, 3.8) is 0 Å². The number of ether oxygens (including phenoxy) is 1. The summed E-state index contributed by atoms with van der Waals surface area (Å²) in [5.74, 6) is -0.281. The first-order valence-corrected chi connectivity index (χ1v) is 8.55. The van der Waals surface area contributed by atoms with Gasteiger partial charge in [0.1, 0.15) is 24.2 Å². The number of carbonyl (C=O) groups excluding carboxylic acids is 1. The van der Waals surface area contributed by atoms with Gasteiger partial charge in [-0.1, -0.05) is 18.2 Å². The summed E-state index contributed by atoms with van der Waals surface area (Å²) in [6.45, 7) is 0.390. The van der Waals surface area contributed by atoms with Crippen LogP contribution < -0.4 is 26.0 Å². The summed E-state index contributed by atoms with van der Waals surface area (Å²) < 4.78 is 34.0. The van der Waals surface area contributed by atoms with E-state index < -0.39 is 21.0 Å². The Bertz CT molecular complexity index is 1160. The van der Waals surface area contributed by atoms with Gasteiger partial charge >= 0.3 is 0 Å². The molecule has 2 aliphatic rings. The highest BCUT2D eigenvalue weighted by Crippen LogP contribution is 2.32. The van der Waals surface area contributed by atoms with E-state index in [0.29, 0.717) is 17.9 Å². The molecule has 0 saturated carbocycles. The Morgan fingerprint density at radius 2 is 2.08 bits per heavy atom. The molecular formula is C16H12N2O5S. The van der Waals surface area contributed by atoms with Crippen LogP contribution in [0.15, 0.2) is 27.9 Å². The van der Waals surface area contributed by atoms with Crippen molar-refractivity contribution < 1.29 is 22.4 Å². The van der Waals surface area contributed by atoms with Crippen LogP contribution in [0.3, 0.4) is 0 Å². The molecule has 1 amide bonds. The number of rotatable bonds is 3. The summed E-state index contributed by atoms with van der Waals surface area (Å²) >= 11 is 0. The Balaban J connectivity index is 2.15. The lowest BCUT2D eigenvalue weighted by molar-refractivity contribution is 0.0995. The SMILES string of the molecule is NC(=O)c1c(-c2c3c(cc4c2=CCO4)=CC=C3)coc1S(N)(=O)=O. The first kappa shape index (κ1) is 14.7. The van der Waals surface area contributed by atoms with E-state index in [0.717, 1.165) is 16.0 Å². The standard InChI is InChI=1S/C16H12N2O5S/c17-15(19)14-11(7-23-16(14)24(18,20)21)13-9-3-1-2-8(9)6-12-10(13)4-5-22-12/h1-4,6-7H,5H2,(H2,17,19)(H2,18,20,21). The van der Waals surface area contributed by atoms with Gasteiger partial charge in [0.05, 0.1) is 0 Å². The molecule has 2 aromatic rings. The number of hydrogen-bond donors (Lipinski definition) is 2. The number of benzene rings is 1. The van der Waals surface area contributed by atoms with E-state index in [1.165, 1.54) is 6.26 Å². The van der Waals surface area contributed by atoms with E-state index >= 15 is 0 Å². The van der Waals surface area contributed by atoms with Gasteiger partial charge in [0, 0.05) is 16.3 Å². The smallest absolute Gasteiger partial charge is 0.272 e. The zero-order valence-electron chi connectivity index (χ0n) is 12.3. The van der Waals surface area contributed by atoms with Crippen molar-refractivity contribution in [1.29, 1.82) is 0 Å². The molecule has 1 aromatic carbocycles. The summed E-state index contributed by atoms with van der Waals surface area (Å²) in [5.41, 5.74) is 6.89. The number of allylic oxidation sites excluding steroid dienone is 1. The van der Waals surface area contributed by atoms with Gasteiger partial charge in [-0.25, -0.2) is 13.6 Å². The highest BCUT2D eigenvalue weighted by molar-refractivity contribution is 7.89. The van der Waals surface area contributed by atoms with Gasteiger partial charge in [0.2, 0.25) is 5.09 Å². The monoisotopic (exact) mass is 344 g/mol. The number of primary sulfonamides is 1. The molecule has 0 fully saturated rings. The second-order valence-corrected chi connectivity index (χ2v) is 6.89. The van der Waals surface area contributed by atoms with E-state index in [1.807, 2.05) is 30.4 Å². The molecule has 4 rings (SSSR count). The maximum atomic E-state index is 11.9. The van der Waals surface area contributed by atoms with Crippen molar-refractivity contribution in [2.24, 2.45) is 10.9 Å². The second kappa shape index (κ2) is 4.83. The predicted molar refractivity (Wildman–Crippen MR) is 86.7 cm³/mol. The number of furan rings is 1. The van der Waals surface area contributed by atoms with Crippen LogP contribution in [0.1, 0.15) is 15.9 Å². The van der Waals surface area contributed by atoms with Gasteiger partial charge in [-0.05, 0) is 22.9 Å². The maximum Gasteiger partial charge on any atom is 0.272 e. The first-order valence-electron chi connectivity index (χ1n) is 7.01. The molecular weight excluding hydrogens is 332 g/mol. The van der Waals surface area contributed by atoms with Gasteiger partial charge in [-0.3, -0.25) is 4.79 Å². The third-order valence-corrected chi connectivity index (χ3v) is 4.82. The zero-order chi connectivity index (χ0) is 17.1. The number of amides is 1. The predicted octanol–water partition coefficient (Wildman–Crippen LogP) is -0.327. The largest absolute Gasteiger partial charge is 0.489 e. The van der Waals surface area contributed by atoms with Gasteiger partial charge in [-0.2, -0.15) is 0 Å². The average molecular weight is 344 g/mol. The summed E-state index contributed by atoms with van der Waals surface area (Å²) in [7, 11) is -4.23. The van der Waals surface area contributed by atoms with Gasteiger partial charge in [0.15, 0.2) is 0 Å². The minimum Gasteiger partial charge on any atom is -0.489 e. The molecule has 0 spiro atoms. The van der Waals surface area contributed by atoms with E-state index in [4.69, 9.17) is 20.0 Å². The Kier molecular flexibility index (Phi) is 2.96. The number of nitrogens with two attached hydrogens (primary N) is 2. The topological polar surface area (TPSA) is 126 Å². The minimum atomic E-state index is -4.23. The van der Waals surface area contributed by atoms with E-state index in [1.54, 1.807) is 0 Å². The fourth-order valence-corrected chi connectivity index (χ4v) is 3.75. The van der Waals surface area contributed by atoms with Crippen LogP contribution in [0, 0.1) is 0 Å². The molecule has 1 aliphatic heterocycles. The lowest BCUT2D eigenvalue weighted by atomic mass is 9.95. The molecule has 2 heterocycles. The molecule has 0 unspecified atom stereocenters. The quantitative estimate of drug-likeness (QED) is 0.789. The van der Waals surface area contributed by atoms with E-state index in [-0.39, 0.29) is 11.1 Å². The van der Waals surface area contributed by atoms with Crippen LogP contribution >= 0.6 is 0 Å². The molecule has 1 aromatic heterocycles. The average Bonchev–Trinajstić information content (AvgIpc) is 3.21. The third-order valence-electron chi connectivity index (χ3n) is 4.00. The van der Waals surface area contributed by atoms with Crippen LogP contribution in [-0.2, 0) is 10.0 Å². The van der Waals surface area contributed by atoms with Gasteiger partial charge in [-0.15, -0.1) is 0 Å². The molecule has 7 nitrogen and oxygen atoms in total. The molecule has 24 heavy (non-hydrogen) atoms. The Morgan fingerprint density at radius 3 is 2.79 bits per heavy atom. The molecule has 0 radical (unpaired) electrons. The summed E-state index contributed by atoms with van der Waals surface area (Å²) in [6, 6.07) is 1.89. The first-order chi connectivity index (χ1) is 11.4. The van der Waals surface area contributed by atoms with Crippen LogP contribution in [0.2, 0.25) is 0 Å². The number of sulfonamides is 1. The Morgan fingerprint density at radius 1 is 1.29 bits per heavy atom. The van der Waals surface area contributed by atoms with E-state index in [9.17, 15) is 13.2 Å². The fraction of sp³-hybridized carbons (Fsp3) is 0.0625. The van der Waals surface area contributed by atoms with E-state index in [2.05, 4.69) is 0 Å². The van der Waals surface area contributed by atoms with Crippen LogP contribution in [0.25, 0.3) is 29.4 Å². The number of primary amides is 1. The fourth-order valence-electron chi connectivity index (χ4n) is 3.07. The van der Waals surface area contributed by atoms with Crippen molar-refractivity contribution in [2.75, 3.05) is 6.61 Å². The molecule has 0 atom stereocenters. The lowest BCUT2D eigenvalue weighted by Gasteiger charge is -2.08. The summed E-state index contributed by atoms with van der Waals surface area (Å²) in [5, 5.41) is 6.15. The maximum absolute atomic E-state index is 11.9. The van der Waals surface area contributed by atoms with Crippen molar-refractivity contribution in [1.82, 2.24) is 0 Å². The van der Waals surface area contributed by atoms with Crippen molar-refractivity contribution in [3.05, 3.63) is 40.0 Å². The van der Waals surface area contributed by atoms with Crippen molar-refractivity contribution in [2.45, 2.75) is 5.09 Å². The van der Waals surface area contributed by atoms with Crippen molar-refractivity contribution in [3.8, 4) is 16.9 Å². The minimum absolute atomic E-state index is 0.256. The second-order valence-electron chi connectivity index (χ2n) is 5.43. The molecule has 8 heteroatoms. The Labute approximate surface area is 136 Å². The normalized spacial score (nSPS) is 14.5. The summed E-state index contributed by atoms with van der Waals surface area (Å²) in [4.78, 5) is 11.9. The lowest BCUT2D eigenvalue weighted by Crippen LogP contribution is -2.21. The number of fused-ring (bicyclic) bond motifs is 2. The van der Waals surface area contributed by atoms with Crippen LogP contribution in [0.4, 0.5) is 0 Å².